The first-order valence-corrected chi connectivity index (χ1v) is 15.7. The predicted molar refractivity (Wildman–Crippen MR) is 177 cm³/mol. The number of amides is 1. The molecule has 2 aromatic carbocycles. The van der Waals surface area contributed by atoms with Gasteiger partial charge in [0.05, 0.1) is 41.4 Å². The third-order valence-electron chi connectivity index (χ3n) is 9.26. The SMILES string of the molecule is C=C1C(C(=O)Nc2ccc(Oc3ccnc4cc(OCCCN5CC(O)C6(CC6)C5)ccc34)cn2)=C(C)N(C)N1c1ccccc1. The molecule has 1 saturated heterocycles. The number of allylic oxidation sites excluding steroid dienone is 1. The summed E-state index contributed by atoms with van der Waals surface area (Å²) in [6.45, 7) is 9.39. The standard InChI is InChI=1S/C36H38N6O4/c1-24-34(25(2)42(40(24)3)26-8-5-4-6-9-26)35(44)39-33-13-11-28(21-38-33)46-31-14-17-37-30-20-27(10-12-29(30)31)45-19-7-18-41-22-32(43)36(23-41)15-16-36/h4-6,8-14,17,20-21,32,43H,2,7,15-16,18-19,22-23H2,1,3H3,(H,38,39,44). The molecule has 0 radical (unpaired) electrons. The number of benzene rings is 2. The summed E-state index contributed by atoms with van der Waals surface area (Å²) in [5.74, 6) is 2.05. The molecule has 1 unspecified atom stereocenters. The van der Waals surface area contributed by atoms with Gasteiger partial charge in [0.15, 0.2) is 0 Å². The van der Waals surface area contributed by atoms with E-state index in [0.717, 1.165) is 66.9 Å². The average Bonchev–Trinajstić information content (AvgIpc) is 3.72. The summed E-state index contributed by atoms with van der Waals surface area (Å²) in [7, 11) is 1.90. The molecular formula is C36H38N6O4. The van der Waals surface area contributed by atoms with Crippen molar-refractivity contribution in [1.29, 1.82) is 0 Å². The molecule has 1 spiro atoms. The third-order valence-corrected chi connectivity index (χ3v) is 9.26. The molecule has 1 saturated carbocycles. The van der Waals surface area contributed by atoms with Gasteiger partial charge in [-0.05, 0) is 68.7 Å². The van der Waals surface area contributed by atoms with Crippen LogP contribution in [0, 0.1) is 5.41 Å². The summed E-state index contributed by atoms with van der Waals surface area (Å²) in [4.78, 5) is 24.6. The zero-order valence-corrected chi connectivity index (χ0v) is 26.1. The van der Waals surface area contributed by atoms with Gasteiger partial charge in [0.2, 0.25) is 0 Å². The number of hydrazine groups is 1. The second kappa shape index (κ2) is 12.1. The molecule has 2 aromatic heterocycles. The molecular weight excluding hydrogens is 580 g/mol. The van der Waals surface area contributed by atoms with Gasteiger partial charge in [-0.2, -0.15) is 0 Å². The fourth-order valence-corrected chi connectivity index (χ4v) is 6.46. The molecule has 236 valence electrons. The summed E-state index contributed by atoms with van der Waals surface area (Å²) in [5, 5.41) is 17.8. The highest BCUT2D eigenvalue weighted by Crippen LogP contribution is 2.52. The number of aromatic nitrogens is 2. The number of aliphatic hydroxyl groups is 1. The molecule has 4 heterocycles. The van der Waals surface area contributed by atoms with E-state index < -0.39 is 0 Å². The minimum Gasteiger partial charge on any atom is -0.493 e. The molecule has 1 atom stereocenters. The van der Waals surface area contributed by atoms with E-state index in [-0.39, 0.29) is 17.4 Å². The summed E-state index contributed by atoms with van der Waals surface area (Å²) in [6, 6.07) is 20.9. The number of rotatable bonds is 10. The topological polar surface area (TPSA) is 103 Å². The Morgan fingerprint density at radius 2 is 1.89 bits per heavy atom. The van der Waals surface area contributed by atoms with Crippen LogP contribution >= 0.6 is 0 Å². The second-order valence-electron chi connectivity index (χ2n) is 12.3. The van der Waals surface area contributed by atoms with Crippen LogP contribution in [0.2, 0.25) is 0 Å². The van der Waals surface area contributed by atoms with E-state index in [0.29, 0.717) is 35.2 Å². The number of β-amino-alcohol motifs (C(OH)–C–C–N with tert-alkyl or cyclic N) is 1. The van der Waals surface area contributed by atoms with Crippen LogP contribution in [-0.4, -0.2) is 70.3 Å². The zero-order valence-electron chi connectivity index (χ0n) is 26.1. The number of carbonyl (C=O) groups excluding carboxylic acids is 1. The molecule has 1 amide bonds. The molecule has 2 fully saturated rings. The largest absolute Gasteiger partial charge is 0.493 e. The fraction of sp³-hybridized carbons (Fsp3) is 0.306. The van der Waals surface area contributed by atoms with Crippen molar-refractivity contribution in [2.24, 2.45) is 5.41 Å². The van der Waals surface area contributed by atoms with Crippen LogP contribution in [-0.2, 0) is 4.79 Å². The van der Waals surface area contributed by atoms with Crippen molar-refractivity contribution in [2.75, 3.05) is 43.6 Å². The summed E-state index contributed by atoms with van der Waals surface area (Å²) >= 11 is 0. The molecule has 4 aromatic rings. The highest BCUT2D eigenvalue weighted by molar-refractivity contribution is 6.08. The number of likely N-dealkylation sites (tertiary alicyclic amines) is 1. The van der Waals surface area contributed by atoms with Crippen LogP contribution in [0.4, 0.5) is 11.5 Å². The lowest BCUT2D eigenvalue weighted by Gasteiger charge is -2.29. The number of carbonyl (C=O) groups is 1. The number of ether oxygens (including phenoxy) is 2. The fourth-order valence-electron chi connectivity index (χ4n) is 6.46. The van der Waals surface area contributed by atoms with Gasteiger partial charge >= 0.3 is 0 Å². The van der Waals surface area contributed by atoms with Crippen molar-refractivity contribution < 1.29 is 19.4 Å². The van der Waals surface area contributed by atoms with Crippen molar-refractivity contribution >= 4 is 28.3 Å². The van der Waals surface area contributed by atoms with Gasteiger partial charge in [-0.25, -0.2) is 4.98 Å². The number of nitrogens with zero attached hydrogens (tertiary/aromatic N) is 5. The number of para-hydroxylation sites is 1. The van der Waals surface area contributed by atoms with Gasteiger partial charge in [0, 0.05) is 55.4 Å². The Morgan fingerprint density at radius 1 is 1.09 bits per heavy atom. The molecule has 10 heteroatoms. The first kappa shape index (κ1) is 29.8. The summed E-state index contributed by atoms with van der Waals surface area (Å²) in [6.07, 6.45) is 6.31. The van der Waals surface area contributed by atoms with Crippen molar-refractivity contribution in [3.05, 3.63) is 103 Å². The lowest BCUT2D eigenvalue weighted by atomic mass is 10.0. The van der Waals surface area contributed by atoms with E-state index in [9.17, 15) is 9.90 Å². The number of aliphatic hydroxyl groups excluding tert-OH is 1. The minimum absolute atomic E-state index is 0.175. The van der Waals surface area contributed by atoms with Crippen LogP contribution in [0.1, 0.15) is 26.2 Å². The van der Waals surface area contributed by atoms with E-state index in [1.807, 2.05) is 78.6 Å². The maximum Gasteiger partial charge on any atom is 0.260 e. The maximum atomic E-state index is 13.3. The van der Waals surface area contributed by atoms with Crippen LogP contribution in [0.25, 0.3) is 10.9 Å². The number of hydrogen-bond donors (Lipinski definition) is 2. The predicted octanol–water partition coefficient (Wildman–Crippen LogP) is 5.74. The van der Waals surface area contributed by atoms with Gasteiger partial charge in [-0.1, -0.05) is 24.8 Å². The Kier molecular flexibility index (Phi) is 7.84. The number of fused-ring (bicyclic) bond motifs is 1. The molecule has 0 bridgehead atoms. The number of nitrogens with one attached hydrogen (secondary N) is 1. The van der Waals surface area contributed by atoms with Gasteiger partial charge in [-0.15, -0.1) is 0 Å². The van der Waals surface area contributed by atoms with E-state index in [1.165, 1.54) is 0 Å². The summed E-state index contributed by atoms with van der Waals surface area (Å²) in [5.41, 5.74) is 3.75. The lowest BCUT2D eigenvalue weighted by Crippen LogP contribution is -2.32. The molecule has 3 aliphatic rings. The molecule has 2 N–H and O–H groups in total. The number of pyridine rings is 2. The van der Waals surface area contributed by atoms with E-state index in [1.54, 1.807) is 24.5 Å². The van der Waals surface area contributed by atoms with E-state index in [4.69, 9.17) is 9.47 Å². The van der Waals surface area contributed by atoms with Gasteiger partial charge < -0.3 is 19.9 Å². The molecule has 10 nitrogen and oxygen atoms in total. The Hall–Kier alpha value is -4.93. The zero-order chi connectivity index (χ0) is 31.8. The maximum absolute atomic E-state index is 13.3. The monoisotopic (exact) mass is 618 g/mol. The molecule has 1 aliphatic carbocycles. The first-order valence-electron chi connectivity index (χ1n) is 15.7. The minimum atomic E-state index is -0.284. The first-order chi connectivity index (χ1) is 22.3. The lowest BCUT2D eigenvalue weighted by molar-refractivity contribution is -0.112. The van der Waals surface area contributed by atoms with Crippen LogP contribution < -0.4 is 19.8 Å². The second-order valence-corrected chi connectivity index (χ2v) is 12.3. The Balaban J connectivity index is 0.949. The van der Waals surface area contributed by atoms with Gasteiger partial charge in [0.25, 0.3) is 5.91 Å². The smallest absolute Gasteiger partial charge is 0.260 e. The number of hydrogen-bond acceptors (Lipinski definition) is 9. The van der Waals surface area contributed by atoms with E-state index in [2.05, 4.69) is 26.8 Å². The average molecular weight is 619 g/mol. The third kappa shape index (κ3) is 5.77. The summed E-state index contributed by atoms with van der Waals surface area (Å²) < 4.78 is 12.2. The normalized spacial score (nSPS) is 18.9. The van der Waals surface area contributed by atoms with Crippen molar-refractivity contribution in [3.63, 3.8) is 0 Å². The Labute approximate surface area is 268 Å². The Bertz CT molecular complexity index is 1800. The van der Waals surface area contributed by atoms with Crippen molar-refractivity contribution in [3.8, 4) is 17.2 Å². The van der Waals surface area contributed by atoms with Crippen LogP contribution in [0.15, 0.2) is 103 Å². The molecule has 46 heavy (non-hydrogen) atoms. The van der Waals surface area contributed by atoms with E-state index >= 15 is 0 Å². The number of anilines is 2. The highest BCUT2D eigenvalue weighted by atomic mass is 16.5. The molecule has 2 aliphatic heterocycles. The van der Waals surface area contributed by atoms with Crippen LogP contribution in [0.5, 0.6) is 17.2 Å². The Morgan fingerprint density at radius 3 is 2.63 bits per heavy atom. The molecule has 7 rings (SSSR count). The quantitative estimate of drug-likeness (QED) is 0.215. The van der Waals surface area contributed by atoms with Gasteiger partial charge in [-0.3, -0.25) is 24.7 Å². The van der Waals surface area contributed by atoms with Crippen LogP contribution in [0.3, 0.4) is 0 Å². The van der Waals surface area contributed by atoms with Crippen molar-refractivity contribution in [1.82, 2.24) is 19.9 Å². The highest BCUT2D eigenvalue weighted by Gasteiger charge is 2.54. The van der Waals surface area contributed by atoms with Crippen molar-refractivity contribution in [2.45, 2.75) is 32.3 Å². The van der Waals surface area contributed by atoms with Gasteiger partial charge in [0.1, 0.15) is 23.1 Å².